The number of thiophene rings is 1. The summed E-state index contributed by atoms with van der Waals surface area (Å²) in [5.74, 6) is 0.497. The van der Waals surface area contributed by atoms with Gasteiger partial charge >= 0.3 is 6.09 Å². The lowest BCUT2D eigenvalue weighted by molar-refractivity contribution is -0.127. The van der Waals surface area contributed by atoms with Gasteiger partial charge in [-0.05, 0) is 40.6 Å². The van der Waals surface area contributed by atoms with E-state index in [9.17, 15) is 9.59 Å². The fraction of sp³-hybridized carbons (Fsp3) is 0.222. The molecule has 2 heterocycles. The summed E-state index contributed by atoms with van der Waals surface area (Å²) < 4.78 is 5.32. The van der Waals surface area contributed by atoms with Crippen molar-refractivity contribution in [2.24, 2.45) is 0 Å². The normalized spacial score (nSPS) is 14.8. The zero-order chi connectivity index (χ0) is 16.8. The topological polar surface area (TPSA) is 49.9 Å². The zero-order valence-corrected chi connectivity index (χ0v) is 13.9. The highest BCUT2D eigenvalue weighted by Gasteiger charge is 2.24. The van der Waals surface area contributed by atoms with Crippen molar-refractivity contribution in [3.8, 4) is 5.75 Å². The van der Waals surface area contributed by atoms with Gasteiger partial charge in [-0.15, -0.1) is 0 Å². The third-order valence-electron chi connectivity index (χ3n) is 3.76. The number of para-hydroxylation sites is 1. The van der Waals surface area contributed by atoms with Gasteiger partial charge in [-0.25, -0.2) is 4.79 Å². The summed E-state index contributed by atoms with van der Waals surface area (Å²) in [7, 11) is 0. The van der Waals surface area contributed by atoms with Gasteiger partial charge in [-0.3, -0.25) is 4.79 Å². The molecular weight excluding hydrogens is 324 g/mol. The summed E-state index contributed by atoms with van der Waals surface area (Å²) >= 11 is 1.60. The van der Waals surface area contributed by atoms with Gasteiger partial charge in [-0.1, -0.05) is 18.2 Å². The third kappa shape index (κ3) is 4.23. The highest BCUT2D eigenvalue weighted by Crippen LogP contribution is 2.12. The highest BCUT2D eigenvalue weighted by molar-refractivity contribution is 7.08. The van der Waals surface area contributed by atoms with E-state index in [2.05, 4.69) is 0 Å². The fourth-order valence-corrected chi connectivity index (χ4v) is 3.03. The summed E-state index contributed by atoms with van der Waals surface area (Å²) in [4.78, 5) is 27.7. The van der Waals surface area contributed by atoms with Crippen LogP contribution in [0.5, 0.6) is 5.75 Å². The van der Waals surface area contributed by atoms with Crippen LogP contribution in [0, 0.1) is 0 Å². The summed E-state index contributed by atoms with van der Waals surface area (Å²) in [5, 5.41) is 3.96. The van der Waals surface area contributed by atoms with Crippen LogP contribution < -0.4 is 4.74 Å². The van der Waals surface area contributed by atoms with Crippen molar-refractivity contribution in [1.29, 1.82) is 0 Å². The van der Waals surface area contributed by atoms with E-state index in [0.717, 1.165) is 5.56 Å². The van der Waals surface area contributed by atoms with Crippen LogP contribution in [0.1, 0.15) is 5.56 Å². The molecule has 1 aliphatic rings. The molecule has 124 valence electrons. The Morgan fingerprint density at radius 2 is 1.71 bits per heavy atom. The van der Waals surface area contributed by atoms with Crippen molar-refractivity contribution >= 4 is 29.4 Å². The molecule has 1 saturated heterocycles. The molecule has 3 rings (SSSR count). The summed E-state index contributed by atoms with van der Waals surface area (Å²) in [6, 6.07) is 11.0. The lowest BCUT2D eigenvalue weighted by Crippen LogP contribution is -2.51. The molecule has 0 spiro atoms. The SMILES string of the molecule is O=C(/C=C\c1ccsc1)N1CCN(C(=O)Oc2ccccc2)CC1. The van der Waals surface area contributed by atoms with E-state index in [1.807, 2.05) is 41.1 Å². The summed E-state index contributed by atoms with van der Waals surface area (Å²) in [5.41, 5.74) is 1.03. The van der Waals surface area contributed by atoms with Crippen LogP contribution in [-0.2, 0) is 4.79 Å². The van der Waals surface area contributed by atoms with Gasteiger partial charge in [0.05, 0.1) is 0 Å². The molecular formula is C18H18N2O3S. The number of hydrogen-bond acceptors (Lipinski definition) is 4. The Hall–Kier alpha value is -2.60. The lowest BCUT2D eigenvalue weighted by Gasteiger charge is -2.33. The van der Waals surface area contributed by atoms with E-state index in [4.69, 9.17) is 4.74 Å². The molecule has 1 fully saturated rings. The summed E-state index contributed by atoms with van der Waals surface area (Å²) in [6.07, 6.45) is 3.02. The number of piperazine rings is 1. The average Bonchev–Trinajstić information content (AvgIpc) is 3.14. The van der Waals surface area contributed by atoms with Crippen LogP contribution in [0.25, 0.3) is 6.08 Å². The second kappa shape index (κ2) is 7.79. The summed E-state index contributed by atoms with van der Waals surface area (Å²) in [6.45, 7) is 1.97. The molecule has 1 aliphatic heterocycles. The zero-order valence-electron chi connectivity index (χ0n) is 13.1. The Labute approximate surface area is 144 Å². The molecule has 0 bridgehead atoms. The van der Waals surface area contributed by atoms with Gasteiger partial charge < -0.3 is 14.5 Å². The number of amides is 2. The molecule has 1 aromatic carbocycles. The minimum Gasteiger partial charge on any atom is -0.410 e. The van der Waals surface area contributed by atoms with Gasteiger partial charge in [-0.2, -0.15) is 11.3 Å². The van der Waals surface area contributed by atoms with Crippen LogP contribution in [0.2, 0.25) is 0 Å². The number of benzene rings is 1. The predicted octanol–water partition coefficient (Wildman–Crippen LogP) is 3.10. The number of ether oxygens (including phenoxy) is 1. The Balaban J connectivity index is 1.48. The number of hydrogen-bond donors (Lipinski definition) is 0. The molecule has 1 aromatic heterocycles. The molecule has 24 heavy (non-hydrogen) atoms. The first-order chi connectivity index (χ1) is 11.7. The molecule has 0 atom stereocenters. The molecule has 0 radical (unpaired) electrons. The van der Waals surface area contributed by atoms with Crippen LogP contribution >= 0.6 is 11.3 Å². The molecule has 6 heteroatoms. The largest absolute Gasteiger partial charge is 0.415 e. The quantitative estimate of drug-likeness (QED) is 0.806. The van der Waals surface area contributed by atoms with E-state index in [-0.39, 0.29) is 12.0 Å². The van der Waals surface area contributed by atoms with Gasteiger partial charge in [0, 0.05) is 32.3 Å². The maximum absolute atomic E-state index is 12.2. The van der Waals surface area contributed by atoms with Crippen LogP contribution in [0.4, 0.5) is 4.79 Å². The standard InChI is InChI=1S/C18H18N2O3S/c21-17(7-6-15-8-13-24-14-15)19-9-11-20(12-10-19)18(22)23-16-4-2-1-3-5-16/h1-8,13-14H,9-12H2/b7-6-. The molecule has 0 aliphatic carbocycles. The van der Waals surface area contributed by atoms with Crippen molar-refractivity contribution in [2.45, 2.75) is 0 Å². The van der Waals surface area contributed by atoms with E-state index in [1.54, 1.807) is 39.3 Å². The van der Waals surface area contributed by atoms with Gasteiger partial charge in [0.2, 0.25) is 5.91 Å². The second-order valence-corrected chi connectivity index (χ2v) is 6.16. The van der Waals surface area contributed by atoms with Gasteiger partial charge in [0.25, 0.3) is 0 Å². The molecule has 0 unspecified atom stereocenters. The minimum atomic E-state index is -0.373. The molecule has 2 aromatic rings. The number of rotatable bonds is 3. The van der Waals surface area contributed by atoms with Crippen molar-refractivity contribution in [3.05, 3.63) is 58.8 Å². The van der Waals surface area contributed by atoms with Crippen LogP contribution in [0.3, 0.4) is 0 Å². The second-order valence-electron chi connectivity index (χ2n) is 5.38. The van der Waals surface area contributed by atoms with Gasteiger partial charge in [0.15, 0.2) is 0 Å². The molecule has 2 amide bonds. The Morgan fingerprint density at radius 3 is 2.38 bits per heavy atom. The van der Waals surface area contributed by atoms with E-state index < -0.39 is 0 Å². The molecule has 0 saturated carbocycles. The first-order valence-corrected chi connectivity index (χ1v) is 8.67. The maximum Gasteiger partial charge on any atom is 0.415 e. The predicted molar refractivity (Wildman–Crippen MR) is 94.0 cm³/mol. The Bertz CT molecular complexity index is 705. The minimum absolute atomic E-state index is 0.0303. The average molecular weight is 342 g/mol. The first-order valence-electron chi connectivity index (χ1n) is 7.73. The van der Waals surface area contributed by atoms with Gasteiger partial charge in [0.1, 0.15) is 5.75 Å². The van der Waals surface area contributed by atoms with Crippen LogP contribution in [0.15, 0.2) is 53.2 Å². The van der Waals surface area contributed by atoms with Crippen molar-refractivity contribution < 1.29 is 14.3 Å². The number of carbonyl (C=O) groups excluding carboxylic acids is 2. The fourth-order valence-electron chi connectivity index (χ4n) is 2.41. The van der Waals surface area contributed by atoms with Crippen molar-refractivity contribution in [1.82, 2.24) is 9.80 Å². The number of carbonyl (C=O) groups is 2. The Morgan fingerprint density at radius 1 is 1.00 bits per heavy atom. The molecule has 0 N–H and O–H groups in total. The highest BCUT2D eigenvalue weighted by atomic mass is 32.1. The first kappa shape index (κ1) is 16.3. The molecule has 5 nitrogen and oxygen atoms in total. The van der Waals surface area contributed by atoms with Crippen molar-refractivity contribution in [2.75, 3.05) is 26.2 Å². The third-order valence-corrected chi connectivity index (χ3v) is 4.46. The van der Waals surface area contributed by atoms with E-state index in [1.165, 1.54) is 0 Å². The number of nitrogens with zero attached hydrogens (tertiary/aromatic N) is 2. The van der Waals surface area contributed by atoms with E-state index in [0.29, 0.717) is 31.9 Å². The lowest BCUT2D eigenvalue weighted by atomic mass is 10.2. The maximum atomic E-state index is 12.2. The van der Waals surface area contributed by atoms with Crippen molar-refractivity contribution in [3.63, 3.8) is 0 Å². The van der Waals surface area contributed by atoms with Crippen LogP contribution in [-0.4, -0.2) is 48.0 Å². The van der Waals surface area contributed by atoms with E-state index >= 15 is 0 Å². The monoisotopic (exact) mass is 342 g/mol. The smallest absolute Gasteiger partial charge is 0.410 e. The Kier molecular flexibility index (Phi) is 5.28.